The third-order valence-corrected chi connectivity index (χ3v) is 6.75. The molecule has 2 saturated carbocycles. The maximum atomic E-state index is 12.5. The Morgan fingerprint density at radius 2 is 1.96 bits per heavy atom. The zero-order valence-corrected chi connectivity index (χ0v) is 15.1. The van der Waals surface area contributed by atoms with Crippen LogP contribution in [0.25, 0.3) is 0 Å². The minimum atomic E-state index is -0.524. The summed E-state index contributed by atoms with van der Waals surface area (Å²) in [5, 5.41) is 0. The van der Waals surface area contributed by atoms with E-state index in [0.717, 1.165) is 6.42 Å². The molecule has 0 amide bonds. The molecule has 3 fully saturated rings. The van der Waals surface area contributed by atoms with E-state index in [9.17, 15) is 14.4 Å². The first-order valence-electron chi connectivity index (χ1n) is 8.19. The van der Waals surface area contributed by atoms with Crippen molar-refractivity contribution in [1.29, 1.82) is 0 Å². The summed E-state index contributed by atoms with van der Waals surface area (Å²) in [6, 6.07) is 6.60. The molecule has 1 saturated heterocycles. The van der Waals surface area contributed by atoms with Crippen LogP contribution < -0.4 is 4.74 Å². The summed E-state index contributed by atoms with van der Waals surface area (Å²) in [6.07, 6.45) is 0.649. The molecule has 0 spiro atoms. The second-order valence-corrected chi connectivity index (χ2v) is 7.78. The maximum absolute atomic E-state index is 12.5. The summed E-state index contributed by atoms with van der Waals surface area (Å²) in [5.74, 6) is -1.29. The number of esters is 2. The van der Waals surface area contributed by atoms with Crippen LogP contribution in [0.5, 0.6) is 5.75 Å². The van der Waals surface area contributed by atoms with Crippen molar-refractivity contribution in [2.24, 2.45) is 23.7 Å². The standard InChI is InChI=1S/C18H17BrO6/c1-23-9-4-2-8(3-5-9)12(20)7-24-17(21)13-10-6-11-14(13)18(22)25-16(11)15(10)19/h2-5,10-11,13-16H,6-7H2,1H3/t10-,11-,13-,14-,15-,16+/m1/s1. The van der Waals surface area contributed by atoms with Crippen LogP contribution in [0.3, 0.4) is 0 Å². The molecule has 2 bridgehead atoms. The van der Waals surface area contributed by atoms with Gasteiger partial charge in [-0.1, -0.05) is 15.9 Å². The molecule has 2 aliphatic carbocycles. The van der Waals surface area contributed by atoms with E-state index in [1.54, 1.807) is 31.4 Å². The summed E-state index contributed by atoms with van der Waals surface area (Å²) >= 11 is 3.55. The van der Waals surface area contributed by atoms with Crippen LogP contribution in [0, 0.1) is 23.7 Å². The number of rotatable bonds is 5. The zero-order chi connectivity index (χ0) is 17.7. The predicted molar refractivity (Wildman–Crippen MR) is 89.5 cm³/mol. The number of benzene rings is 1. The van der Waals surface area contributed by atoms with E-state index in [4.69, 9.17) is 14.2 Å². The minimum absolute atomic E-state index is 0.0185. The Labute approximate surface area is 152 Å². The van der Waals surface area contributed by atoms with Crippen molar-refractivity contribution < 1.29 is 28.6 Å². The van der Waals surface area contributed by atoms with Crippen LogP contribution in [0.2, 0.25) is 0 Å². The summed E-state index contributed by atoms with van der Waals surface area (Å²) in [7, 11) is 1.55. The van der Waals surface area contributed by atoms with Crippen LogP contribution >= 0.6 is 15.9 Å². The van der Waals surface area contributed by atoms with Gasteiger partial charge in [-0.2, -0.15) is 0 Å². The minimum Gasteiger partial charge on any atom is -0.497 e. The fourth-order valence-electron chi connectivity index (χ4n) is 4.39. The van der Waals surface area contributed by atoms with E-state index in [0.29, 0.717) is 11.3 Å². The summed E-state index contributed by atoms with van der Waals surface area (Å²) in [4.78, 5) is 36.7. The van der Waals surface area contributed by atoms with Crippen LogP contribution in [-0.2, 0) is 19.1 Å². The number of ether oxygens (including phenoxy) is 3. The van der Waals surface area contributed by atoms with E-state index in [2.05, 4.69) is 15.9 Å². The lowest BCUT2D eigenvalue weighted by atomic mass is 9.80. The molecule has 6 nitrogen and oxygen atoms in total. The molecule has 0 N–H and O–H groups in total. The Morgan fingerprint density at radius 1 is 1.24 bits per heavy atom. The molecule has 0 unspecified atom stereocenters. The van der Waals surface area contributed by atoms with Gasteiger partial charge in [0.25, 0.3) is 0 Å². The van der Waals surface area contributed by atoms with Crippen molar-refractivity contribution >= 4 is 33.7 Å². The van der Waals surface area contributed by atoms with Crippen LogP contribution in [0.4, 0.5) is 0 Å². The molecule has 4 rings (SSSR count). The van der Waals surface area contributed by atoms with Crippen molar-refractivity contribution in [2.45, 2.75) is 17.4 Å². The van der Waals surface area contributed by atoms with Gasteiger partial charge in [0.1, 0.15) is 11.9 Å². The number of halogens is 1. The van der Waals surface area contributed by atoms with E-state index < -0.39 is 17.8 Å². The third-order valence-electron chi connectivity index (χ3n) is 5.55. The SMILES string of the molecule is COc1ccc(C(=O)COC(=O)[C@@H]2[C@H]3C[C@H]4[C@H](OC(=O)[C@H]42)[C@@H]3Br)cc1. The monoisotopic (exact) mass is 408 g/mol. The number of hydrogen-bond donors (Lipinski definition) is 0. The van der Waals surface area contributed by atoms with Gasteiger partial charge in [-0.15, -0.1) is 0 Å². The number of Topliss-reactive ketones (excluding diaryl/α,β-unsaturated/α-hetero) is 1. The highest BCUT2D eigenvalue weighted by Gasteiger charge is 2.68. The van der Waals surface area contributed by atoms with Gasteiger partial charge in [-0.3, -0.25) is 14.4 Å². The van der Waals surface area contributed by atoms with Crippen molar-refractivity contribution in [3.63, 3.8) is 0 Å². The highest BCUT2D eigenvalue weighted by atomic mass is 79.9. The van der Waals surface area contributed by atoms with Crippen molar-refractivity contribution in [2.75, 3.05) is 13.7 Å². The number of ketones is 1. The van der Waals surface area contributed by atoms with E-state index in [1.165, 1.54) is 0 Å². The van der Waals surface area contributed by atoms with E-state index in [1.807, 2.05) is 0 Å². The van der Waals surface area contributed by atoms with Gasteiger partial charge >= 0.3 is 11.9 Å². The van der Waals surface area contributed by atoms with Gasteiger partial charge in [0.2, 0.25) is 0 Å². The zero-order valence-electron chi connectivity index (χ0n) is 13.5. The van der Waals surface area contributed by atoms with Crippen LogP contribution in [0.15, 0.2) is 24.3 Å². The molecule has 0 radical (unpaired) electrons. The van der Waals surface area contributed by atoms with Gasteiger partial charge in [-0.05, 0) is 36.6 Å². The van der Waals surface area contributed by atoms with Crippen LogP contribution in [0.1, 0.15) is 16.8 Å². The lowest BCUT2D eigenvalue weighted by Gasteiger charge is -2.26. The first-order chi connectivity index (χ1) is 12.0. The quantitative estimate of drug-likeness (QED) is 0.421. The lowest BCUT2D eigenvalue weighted by molar-refractivity contribution is -0.154. The normalized spacial score (nSPS) is 34.7. The second kappa shape index (κ2) is 6.12. The Kier molecular flexibility index (Phi) is 4.06. The summed E-state index contributed by atoms with van der Waals surface area (Å²) in [6.45, 7) is -0.336. The summed E-state index contributed by atoms with van der Waals surface area (Å²) in [5.41, 5.74) is 0.445. The first-order valence-corrected chi connectivity index (χ1v) is 9.11. The molecule has 3 aliphatic rings. The fourth-order valence-corrected chi connectivity index (χ4v) is 5.43. The molecule has 1 aliphatic heterocycles. The van der Waals surface area contributed by atoms with Crippen molar-refractivity contribution in [3.8, 4) is 5.75 Å². The number of carbonyl (C=O) groups is 3. The average molecular weight is 409 g/mol. The van der Waals surface area contributed by atoms with Gasteiger partial charge in [0, 0.05) is 11.5 Å². The summed E-state index contributed by atoms with van der Waals surface area (Å²) < 4.78 is 15.7. The second-order valence-electron chi connectivity index (χ2n) is 6.72. The molecule has 132 valence electrons. The van der Waals surface area contributed by atoms with E-state index >= 15 is 0 Å². The molecular weight excluding hydrogens is 392 g/mol. The number of alkyl halides is 1. The van der Waals surface area contributed by atoms with E-state index in [-0.39, 0.29) is 41.1 Å². The Bertz CT molecular complexity index is 730. The molecule has 0 aromatic heterocycles. The molecule has 25 heavy (non-hydrogen) atoms. The van der Waals surface area contributed by atoms with Crippen molar-refractivity contribution in [1.82, 2.24) is 0 Å². The Balaban J connectivity index is 1.41. The highest BCUT2D eigenvalue weighted by molar-refractivity contribution is 9.09. The van der Waals surface area contributed by atoms with Gasteiger partial charge in [-0.25, -0.2) is 0 Å². The fraction of sp³-hybridized carbons (Fsp3) is 0.500. The maximum Gasteiger partial charge on any atom is 0.310 e. The lowest BCUT2D eigenvalue weighted by Crippen LogP contribution is -2.39. The average Bonchev–Trinajstić information content (AvgIpc) is 3.23. The number of hydrogen-bond acceptors (Lipinski definition) is 6. The molecular formula is C18H17BrO6. The largest absolute Gasteiger partial charge is 0.497 e. The number of methoxy groups -OCH3 is 1. The van der Waals surface area contributed by atoms with Crippen LogP contribution in [-0.4, -0.2) is 42.4 Å². The number of carbonyl (C=O) groups excluding carboxylic acids is 3. The Hall–Kier alpha value is -1.89. The van der Waals surface area contributed by atoms with Gasteiger partial charge in [0.15, 0.2) is 12.4 Å². The highest BCUT2D eigenvalue weighted by Crippen LogP contribution is 2.60. The molecule has 6 atom stereocenters. The smallest absolute Gasteiger partial charge is 0.310 e. The van der Waals surface area contributed by atoms with Crippen molar-refractivity contribution in [3.05, 3.63) is 29.8 Å². The molecule has 1 aromatic rings. The third kappa shape index (κ3) is 2.56. The molecule has 1 aromatic carbocycles. The molecule has 7 heteroatoms. The van der Waals surface area contributed by atoms with Gasteiger partial charge in [0.05, 0.1) is 23.8 Å². The topological polar surface area (TPSA) is 78.9 Å². The predicted octanol–water partition coefficient (Wildman–Crippen LogP) is 1.99. The number of fused-ring (bicyclic) bond motifs is 1. The van der Waals surface area contributed by atoms with Gasteiger partial charge < -0.3 is 14.2 Å². The molecule has 1 heterocycles. The first kappa shape index (κ1) is 16.6. The Morgan fingerprint density at radius 3 is 2.64 bits per heavy atom.